The number of fused-ring (bicyclic) bond motifs is 2. The van der Waals surface area contributed by atoms with Crippen molar-refractivity contribution in [1.29, 1.82) is 0 Å². The number of amides is 2. The zero-order chi connectivity index (χ0) is 28.8. The highest BCUT2D eigenvalue weighted by molar-refractivity contribution is 7.98. The van der Waals surface area contributed by atoms with Gasteiger partial charge in [0, 0.05) is 44.1 Å². The minimum atomic E-state index is -0.370. The summed E-state index contributed by atoms with van der Waals surface area (Å²) >= 11 is 1.65. The number of carbonyl (C=O) groups excluding carboxylic acids is 2. The molecule has 2 amide bonds. The fraction of sp³-hybridized carbons (Fsp3) is 0.400. The zero-order valence-electron chi connectivity index (χ0n) is 23.4. The molecule has 2 aromatic carbocycles. The molecule has 0 saturated carbocycles. The number of hydrogen-bond donors (Lipinski definition) is 1. The molecule has 1 unspecified atom stereocenters. The lowest BCUT2D eigenvalue weighted by atomic mass is 9.93. The molecule has 1 saturated heterocycles. The molecule has 1 aliphatic rings. The molecule has 41 heavy (non-hydrogen) atoms. The lowest BCUT2D eigenvalue weighted by Gasteiger charge is -2.37. The minimum Gasteiger partial charge on any atom is -0.449 e. The number of furan rings is 1. The smallest absolute Gasteiger partial charge is 0.409 e. The summed E-state index contributed by atoms with van der Waals surface area (Å²) in [7, 11) is 0. The predicted octanol–water partition coefficient (Wildman–Crippen LogP) is 5.69. The van der Waals surface area contributed by atoms with Crippen LogP contribution in [0.25, 0.3) is 22.0 Å². The Balaban J connectivity index is 0.998. The summed E-state index contributed by atoms with van der Waals surface area (Å²) in [4.78, 5) is 35.8. The number of nitrogens with zero attached hydrogens (tertiary/aromatic N) is 4. The quantitative estimate of drug-likeness (QED) is 0.138. The van der Waals surface area contributed by atoms with E-state index in [2.05, 4.69) is 34.6 Å². The van der Waals surface area contributed by atoms with E-state index < -0.39 is 0 Å². The summed E-state index contributed by atoms with van der Waals surface area (Å²) < 4.78 is 19.1. The molecule has 1 fully saturated rings. The van der Waals surface area contributed by atoms with Crippen LogP contribution in [-0.2, 0) is 9.47 Å². The van der Waals surface area contributed by atoms with E-state index in [0.29, 0.717) is 50.5 Å². The van der Waals surface area contributed by atoms with Gasteiger partial charge >= 0.3 is 6.09 Å². The topological polar surface area (TPSA) is 111 Å². The van der Waals surface area contributed by atoms with Crippen LogP contribution in [0.2, 0.25) is 0 Å². The van der Waals surface area contributed by atoms with Gasteiger partial charge in [-0.1, -0.05) is 43.0 Å². The van der Waals surface area contributed by atoms with E-state index >= 15 is 0 Å². The third-order valence-corrected chi connectivity index (χ3v) is 7.97. The minimum absolute atomic E-state index is 0.134. The Morgan fingerprint density at radius 1 is 1.17 bits per heavy atom. The van der Waals surface area contributed by atoms with E-state index in [4.69, 9.17) is 18.9 Å². The summed E-state index contributed by atoms with van der Waals surface area (Å²) in [6.45, 7) is 8.32. The molecule has 10 nitrogen and oxygen atoms in total. The number of aliphatic imine (C=N–C) groups is 1. The van der Waals surface area contributed by atoms with Crippen molar-refractivity contribution in [2.24, 2.45) is 10.9 Å². The molecule has 5 rings (SSSR count). The average molecular weight is 578 g/mol. The standard InChI is InChI=1S/C30H35N5O5S/c1-20-19-34(15-13-23(20)35-24-11-6-5-10-22(24)33-29(35)41-3)30(37)39-17-8-16-38-18-14-32-28(36)27-26(31-2)21-9-4-7-12-25(21)40-27/h4-7,9-12,20,23H,2,8,13-19H2,1,3H3,(H,32,36)/t20-,23?/m0/s1. The Morgan fingerprint density at radius 2 is 1.98 bits per heavy atom. The van der Waals surface area contributed by atoms with E-state index in [0.717, 1.165) is 28.0 Å². The SMILES string of the molecule is C=Nc1c(C(=O)NCCOCCCOC(=O)N2CCC(n3c(SC)nc4ccccc43)[C@@H](C)C2)oc2ccccc12. The maximum atomic E-state index is 12.7. The second-order valence-electron chi connectivity index (χ2n) is 10.0. The zero-order valence-corrected chi connectivity index (χ0v) is 24.2. The second-order valence-corrected chi connectivity index (χ2v) is 10.8. The number of thioether (sulfide) groups is 1. The molecule has 2 aromatic heterocycles. The van der Waals surface area contributed by atoms with E-state index in [-0.39, 0.29) is 36.3 Å². The fourth-order valence-corrected chi connectivity index (χ4v) is 5.96. The van der Waals surface area contributed by atoms with Crippen molar-refractivity contribution in [1.82, 2.24) is 19.8 Å². The van der Waals surface area contributed by atoms with Gasteiger partial charge in [0.2, 0.25) is 5.76 Å². The van der Waals surface area contributed by atoms with Crippen molar-refractivity contribution < 1.29 is 23.5 Å². The predicted molar refractivity (Wildman–Crippen MR) is 160 cm³/mol. The van der Waals surface area contributed by atoms with Gasteiger partial charge in [-0.25, -0.2) is 9.78 Å². The number of piperidine rings is 1. The molecule has 0 aliphatic carbocycles. The first-order chi connectivity index (χ1) is 20.0. The number of para-hydroxylation sites is 3. The largest absolute Gasteiger partial charge is 0.449 e. The first-order valence-electron chi connectivity index (χ1n) is 13.8. The normalized spacial score (nSPS) is 17.2. The molecule has 216 valence electrons. The van der Waals surface area contributed by atoms with Crippen molar-refractivity contribution >= 4 is 58.2 Å². The molecular formula is C30H35N5O5S. The molecule has 4 aromatic rings. The molecule has 1 aliphatic heterocycles. The van der Waals surface area contributed by atoms with Gasteiger partial charge in [0.15, 0.2) is 5.16 Å². The highest BCUT2D eigenvalue weighted by Gasteiger charge is 2.32. The van der Waals surface area contributed by atoms with Gasteiger partial charge in [0.05, 0.1) is 24.2 Å². The van der Waals surface area contributed by atoms with Crippen LogP contribution in [0.3, 0.4) is 0 Å². The van der Waals surface area contributed by atoms with Gasteiger partial charge in [-0.3, -0.25) is 9.79 Å². The number of benzene rings is 2. The van der Waals surface area contributed by atoms with Crippen LogP contribution in [0.15, 0.2) is 63.1 Å². The van der Waals surface area contributed by atoms with Gasteiger partial charge < -0.3 is 28.7 Å². The van der Waals surface area contributed by atoms with Crippen LogP contribution < -0.4 is 5.32 Å². The molecule has 1 N–H and O–H groups in total. The lowest BCUT2D eigenvalue weighted by Crippen LogP contribution is -2.44. The number of rotatable bonds is 11. The molecule has 2 atom stereocenters. The maximum absolute atomic E-state index is 12.7. The summed E-state index contributed by atoms with van der Waals surface area (Å²) in [5, 5.41) is 4.53. The van der Waals surface area contributed by atoms with E-state index in [9.17, 15) is 9.59 Å². The molecule has 3 heterocycles. The van der Waals surface area contributed by atoms with E-state index in [1.807, 2.05) is 42.7 Å². The van der Waals surface area contributed by atoms with Crippen LogP contribution in [-0.4, -0.2) is 78.9 Å². The third kappa shape index (κ3) is 6.25. The van der Waals surface area contributed by atoms with Gasteiger partial charge in [-0.2, -0.15) is 0 Å². The van der Waals surface area contributed by atoms with Crippen molar-refractivity contribution in [3.05, 3.63) is 54.3 Å². The number of likely N-dealkylation sites (tertiary alicyclic amines) is 1. The Hall–Kier alpha value is -3.83. The van der Waals surface area contributed by atoms with Crippen LogP contribution in [0.4, 0.5) is 10.5 Å². The maximum Gasteiger partial charge on any atom is 0.409 e. The molecule has 0 radical (unpaired) electrons. The number of hydrogen-bond acceptors (Lipinski definition) is 8. The Bertz CT molecular complexity index is 1530. The molecular weight excluding hydrogens is 542 g/mol. The van der Waals surface area contributed by atoms with E-state index in [1.54, 1.807) is 22.7 Å². The monoisotopic (exact) mass is 577 g/mol. The van der Waals surface area contributed by atoms with Crippen molar-refractivity contribution in [2.75, 3.05) is 45.7 Å². The second kappa shape index (κ2) is 13.2. The molecule has 0 bridgehead atoms. The number of carbonyl (C=O) groups is 2. The van der Waals surface area contributed by atoms with Gasteiger partial charge in [0.25, 0.3) is 5.91 Å². The van der Waals surface area contributed by atoms with Crippen LogP contribution in [0.1, 0.15) is 36.4 Å². The molecule has 0 spiro atoms. The van der Waals surface area contributed by atoms with Crippen LogP contribution >= 0.6 is 11.8 Å². The fourth-order valence-electron chi connectivity index (χ4n) is 5.34. The Morgan fingerprint density at radius 3 is 2.78 bits per heavy atom. The van der Waals surface area contributed by atoms with Crippen molar-refractivity contribution in [3.8, 4) is 0 Å². The Labute approximate surface area is 243 Å². The first kappa shape index (κ1) is 28.7. The summed E-state index contributed by atoms with van der Waals surface area (Å²) in [6.07, 6.45) is 3.17. The summed E-state index contributed by atoms with van der Waals surface area (Å²) in [5.74, 6) is 0.0239. The highest BCUT2D eigenvalue weighted by Crippen LogP contribution is 2.35. The lowest BCUT2D eigenvalue weighted by molar-refractivity contribution is 0.0613. The number of nitrogens with one attached hydrogen (secondary N) is 1. The third-order valence-electron chi connectivity index (χ3n) is 7.32. The molecule has 11 heteroatoms. The Kier molecular flexibility index (Phi) is 9.25. The van der Waals surface area contributed by atoms with Crippen LogP contribution in [0.5, 0.6) is 0 Å². The number of ether oxygens (including phenoxy) is 2. The van der Waals surface area contributed by atoms with Gasteiger partial charge in [-0.15, -0.1) is 0 Å². The highest BCUT2D eigenvalue weighted by atomic mass is 32.2. The average Bonchev–Trinajstić information content (AvgIpc) is 3.56. The summed E-state index contributed by atoms with van der Waals surface area (Å²) in [5.41, 5.74) is 3.15. The van der Waals surface area contributed by atoms with E-state index in [1.165, 1.54) is 0 Å². The summed E-state index contributed by atoms with van der Waals surface area (Å²) in [6, 6.07) is 15.8. The van der Waals surface area contributed by atoms with Gasteiger partial charge in [0.1, 0.15) is 11.3 Å². The number of imidazole rings is 1. The first-order valence-corrected chi connectivity index (χ1v) is 15.0. The number of aromatic nitrogens is 2. The van der Waals surface area contributed by atoms with Crippen molar-refractivity contribution in [2.45, 2.75) is 31.0 Å². The van der Waals surface area contributed by atoms with Gasteiger partial charge in [-0.05, 0) is 49.6 Å². The van der Waals surface area contributed by atoms with Crippen molar-refractivity contribution in [3.63, 3.8) is 0 Å². The van der Waals surface area contributed by atoms with Crippen LogP contribution in [0, 0.1) is 5.92 Å².